The third-order valence-corrected chi connectivity index (χ3v) is 6.70. The average Bonchev–Trinajstić information content (AvgIpc) is 3.41. The number of benzene rings is 1. The first-order valence-corrected chi connectivity index (χ1v) is 12.5. The van der Waals surface area contributed by atoms with E-state index in [2.05, 4.69) is 20.1 Å². The molecule has 3 heterocycles. The predicted molar refractivity (Wildman–Crippen MR) is 137 cm³/mol. The molecule has 0 atom stereocenters. The first-order chi connectivity index (χ1) is 19.7. The minimum Gasteiger partial charge on any atom is -0.397 e. The molecular formula is C25H23F7N8O2. The second-order valence-corrected chi connectivity index (χ2v) is 9.55. The molecule has 0 saturated heterocycles. The number of aryl methyl sites for hydroxylation is 1. The zero-order valence-corrected chi connectivity index (χ0v) is 21.6. The summed E-state index contributed by atoms with van der Waals surface area (Å²) in [5.41, 5.74) is 5.33. The molecule has 17 heteroatoms. The number of hydrogen-bond acceptors (Lipinski definition) is 8. The number of nitrogens with two attached hydrogens (primary N) is 2. The second-order valence-electron chi connectivity index (χ2n) is 9.55. The van der Waals surface area contributed by atoms with Gasteiger partial charge in [0.05, 0.1) is 34.7 Å². The highest BCUT2D eigenvalue weighted by Crippen LogP contribution is 2.34. The van der Waals surface area contributed by atoms with Gasteiger partial charge in [0.2, 0.25) is 0 Å². The van der Waals surface area contributed by atoms with Crippen LogP contribution in [0, 0.1) is 11.7 Å². The van der Waals surface area contributed by atoms with E-state index in [1.807, 2.05) is 0 Å². The van der Waals surface area contributed by atoms with E-state index in [1.54, 1.807) is 5.10 Å². The number of rotatable bonds is 4. The molecule has 0 amide bonds. The number of halogens is 7. The number of nitrogens with zero attached hydrogens (tertiary/aromatic N) is 5. The van der Waals surface area contributed by atoms with Crippen LogP contribution in [0.2, 0.25) is 0 Å². The van der Waals surface area contributed by atoms with Crippen molar-refractivity contribution in [1.29, 1.82) is 0 Å². The molecule has 0 unspecified atom stereocenters. The Kier molecular flexibility index (Phi) is 8.49. The molecule has 4 aromatic rings. The fraction of sp³-hybridized carbons (Fsp3) is 0.360. The first kappa shape index (κ1) is 30.4. The van der Waals surface area contributed by atoms with Gasteiger partial charge in [-0.05, 0) is 24.5 Å². The van der Waals surface area contributed by atoms with Crippen LogP contribution < -0.4 is 22.6 Å². The highest BCUT2D eigenvalue weighted by atomic mass is 19.4. The molecule has 224 valence electrons. The number of hydrogen-bond donors (Lipinski definition) is 3. The monoisotopic (exact) mass is 600 g/mol. The molecular weight excluding hydrogens is 577 g/mol. The molecule has 1 fully saturated rings. The number of nitrogen functional groups attached to an aromatic ring is 2. The van der Waals surface area contributed by atoms with Gasteiger partial charge in [-0.3, -0.25) is 14.2 Å². The number of aromatic amines is 1. The Hall–Kier alpha value is -4.57. The van der Waals surface area contributed by atoms with E-state index in [0.29, 0.717) is 18.7 Å². The summed E-state index contributed by atoms with van der Waals surface area (Å²) >= 11 is 0. The summed E-state index contributed by atoms with van der Waals surface area (Å²) in [6.45, 7) is 0.508. The van der Waals surface area contributed by atoms with Gasteiger partial charge in [0, 0.05) is 12.7 Å². The van der Waals surface area contributed by atoms with Crippen molar-refractivity contribution in [2.45, 2.75) is 51.0 Å². The van der Waals surface area contributed by atoms with Crippen LogP contribution in [0.1, 0.15) is 43.2 Å². The molecule has 1 aliphatic rings. The van der Waals surface area contributed by atoms with Gasteiger partial charge in [-0.25, -0.2) is 24.4 Å². The van der Waals surface area contributed by atoms with Gasteiger partial charge in [-0.2, -0.15) is 31.4 Å². The van der Waals surface area contributed by atoms with Crippen LogP contribution in [0.3, 0.4) is 0 Å². The van der Waals surface area contributed by atoms with Gasteiger partial charge in [0.1, 0.15) is 22.8 Å². The Morgan fingerprint density at radius 3 is 2.24 bits per heavy atom. The minimum absolute atomic E-state index is 0.0880. The molecule has 1 aromatic carbocycles. The zero-order chi connectivity index (χ0) is 30.8. The lowest BCUT2D eigenvalue weighted by Crippen LogP contribution is -2.24. The van der Waals surface area contributed by atoms with Crippen molar-refractivity contribution >= 4 is 22.4 Å². The molecule has 5 rings (SSSR count). The standard InChI is InChI=1S/C20H19F4N5O.C5H4F3N3O/c21-15-7-13-16(27-10-29(19(13)30)6-5-11-3-1-2-4-11)8-12(15)18-26-9-14(17(25)28-18)20(22,23)24;6-5(7,8)3-2(9)1-10-11-4(3)12/h7-11H,1-6H2,(H2,25,26,28);1H,(H3,9,11,12). The Balaban J connectivity index is 0.000000283. The van der Waals surface area contributed by atoms with E-state index in [1.165, 1.54) is 29.8 Å². The Labute approximate surface area is 231 Å². The summed E-state index contributed by atoms with van der Waals surface area (Å²) in [6.07, 6.45) is -1.19. The number of nitrogens with one attached hydrogen (secondary N) is 1. The van der Waals surface area contributed by atoms with Gasteiger partial charge in [0.25, 0.3) is 11.1 Å². The zero-order valence-electron chi connectivity index (χ0n) is 21.6. The maximum atomic E-state index is 14.7. The van der Waals surface area contributed by atoms with E-state index in [9.17, 15) is 40.3 Å². The van der Waals surface area contributed by atoms with E-state index in [-0.39, 0.29) is 27.9 Å². The minimum atomic E-state index is -4.74. The molecule has 0 bridgehead atoms. The van der Waals surface area contributed by atoms with Crippen molar-refractivity contribution in [2.24, 2.45) is 5.92 Å². The maximum Gasteiger partial charge on any atom is 0.423 e. The van der Waals surface area contributed by atoms with Crippen LogP contribution in [0.4, 0.5) is 42.2 Å². The lowest BCUT2D eigenvalue weighted by molar-refractivity contribution is -0.138. The summed E-state index contributed by atoms with van der Waals surface area (Å²) in [5, 5.41) is 4.83. The molecule has 42 heavy (non-hydrogen) atoms. The van der Waals surface area contributed by atoms with Crippen molar-refractivity contribution in [1.82, 2.24) is 29.7 Å². The smallest absolute Gasteiger partial charge is 0.397 e. The van der Waals surface area contributed by atoms with E-state index in [4.69, 9.17) is 11.5 Å². The molecule has 10 nitrogen and oxygen atoms in total. The van der Waals surface area contributed by atoms with Crippen molar-refractivity contribution in [2.75, 3.05) is 11.5 Å². The Bertz CT molecular complexity index is 1710. The predicted octanol–water partition coefficient (Wildman–Crippen LogP) is 4.54. The Morgan fingerprint density at radius 2 is 1.67 bits per heavy atom. The van der Waals surface area contributed by atoms with E-state index < -0.39 is 46.4 Å². The second kappa shape index (κ2) is 11.7. The Morgan fingerprint density at radius 1 is 0.976 bits per heavy atom. The van der Waals surface area contributed by atoms with Gasteiger partial charge in [0.15, 0.2) is 5.82 Å². The normalized spacial score (nSPS) is 14.2. The van der Waals surface area contributed by atoms with Crippen LogP contribution in [0.5, 0.6) is 0 Å². The van der Waals surface area contributed by atoms with Crippen LogP contribution >= 0.6 is 0 Å². The first-order valence-electron chi connectivity index (χ1n) is 12.5. The van der Waals surface area contributed by atoms with Gasteiger partial charge >= 0.3 is 12.4 Å². The number of alkyl halides is 6. The van der Waals surface area contributed by atoms with Gasteiger partial charge in [-0.1, -0.05) is 25.7 Å². The summed E-state index contributed by atoms with van der Waals surface area (Å²) < 4.78 is 90.6. The van der Waals surface area contributed by atoms with E-state index in [0.717, 1.165) is 31.5 Å². The van der Waals surface area contributed by atoms with Crippen LogP contribution in [0.25, 0.3) is 22.3 Å². The molecule has 0 radical (unpaired) electrons. The number of aromatic nitrogens is 6. The molecule has 0 spiro atoms. The summed E-state index contributed by atoms with van der Waals surface area (Å²) in [7, 11) is 0. The van der Waals surface area contributed by atoms with Gasteiger partial charge < -0.3 is 11.5 Å². The number of anilines is 2. The van der Waals surface area contributed by atoms with Gasteiger partial charge in [-0.15, -0.1) is 0 Å². The van der Waals surface area contributed by atoms with Crippen molar-refractivity contribution in [3.63, 3.8) is 0 Å². The maximum absolute atomic E-state index is 14.7. The fourth-order valence-electron chi connectivity index (χ4n) is 4.58. The quantitative estimate of drug-likeness (QED) is 0.288. The summed E-state index contributed by atoms with van der Waals surface area (Å²) in [5.74, 6) is -1.36. The molecule has 1 aliphatic carbocycles. The molecule has 0 aliphatic heterocycles. The third kappa shape index (κ3) is 6.66. The largest absolute Gasteiger partial charge is 0.423 e. The highest BCUT2D eigenvalue weighted by molar-refractivity contribution is 5.82. The molecule has 3 aromatic heterocycles. The van der Waals surface area contributed by atoms with Crippen LogP contribution in [0.15, 0.2) is 40.4 Å². The molecule has 1 saturated carbocycles. The van der Waals surface area contributed by atoms with Crippen LogP contribution in [-0.4, -0.2) is 29.7 Å². The number of H-pyrrole nitrogens is 1. The third-order valence-electron chi connectivity index (χ3n) is 6.70. The lowest BCUT2D eigenvalue weighted by Gasteiger charge is -2.12. The van der Waals surface area contributed by atoms with Crippen LogP contribution in [-0.2, 0) is 18.9 Å². The average molecular weight is 600 g/mol. The van der Waals surface area contributed by atoms with E-state index >= 15 is 0 Å². The lowest BCUT2D eigenvalue weighted by atomic mass is 10.0. The highest BCUT2D eigenvalue weighted by Gasteiger charge is 2.36. The van der Waals surface area contributed by atoms with Crippen molar-refractivity contribution < 1.29 is 30.7 Å². The van der Waals surface area contributed by atoms with Crippen molar-refractivity contribution in [3.8, 4) is 11.4 Å². The topological polar surface area (TPSA) is 158 Å². The van der Waals surface area contributed by atoms with Crippen molar-refractivity contribution in [3.05, 3.63) is 68.5 Å². The summed E-state index contributed by atoms with van der Waals surface area (Å²) in [4.78, 5) is 34.7. The number of fused-ring (bicyclic) bond motifs is 1. The fourth-order valence-corrected chi connectivity index (χ4v) is 4.58. The molecule has 5 N–H and O–H groups in total. The summed E-state index contributed by atoms with van der Waals surface area (Å²) in [6, 6.07) is 2.26. The SMILES string of the molecule is Nc1cn[nH]c(=O)c1C(F)(F)F.Nc1nc(-c2cc3ncn(CCC4CCCC4)c(=O)c3cc2F)ncc1C(F)(F)F.